The van der Waals surface area contributed by atoms with Crippen LogP contribution in [0.1, 0.15) is 6.92 Å². The SMILES string of the molecule is C[C@@H](Sc1ncccn1)C(=O)Nc1ccc(OC(F)F)cc1. The van der Waals surface area contributed by atoms with E-state index in [2.05, 4.69) is 20.0 Å². The fraction of sp³-hybridized carbons (Fsp3) is 0.214. The van der Waals surface area contributed by atoms with E-state index in [1.54, 1.807) is 25.4 Å². The van der Waals surface area contributed by atoms with E-state index >= 15 is 0 Å². The smallest absolute Gasteiger partial charge is 0.387 e. The van der Waals surface area contributed by atoms with Crippen molar-refractivity contribution in [3.63, 3.8) is 0 Å². The van der Waals surface area contributed by atoms with Crippen molar-refractivity contribution in [1.29, 1.82) is 0 Å². The molecular formula is C14H13F2N3O2S. The van der Waals surface area contributed by atoms with Gasteiger partial charge in [0.25, 0.3) is 0 Å². The van der Waals surface area contributed by atoms with Crippen molar-refractivity contribution >= 4 is 23.4 Å². The van der Waals surface area contributed by atoms with E-state index in [0.717, 1.165) is 0 Å². The van der Waals surface area contributed by atoms with E-state index in [-0.39, 0.29) is 11.7 Å². The lowest BCUT2D eigenvalue weighted by molar-refractivity contribution is -0.115. The highest BCUT2D eigenvalue weighted by Gasteiger charge is 2.16. The van der Waals surface area contributed by atoms with Crippen LogP contribution in [0.25, 0.3) is 0 Å². The van der Waals surface area contributed by atoms with Gasteiger partial charge in [-0.25, -0.2) is 9.97 Å². The summed E-state index contributed by atoms with van der Waals surface area (Å²) in [7, 11) is 0. The zero-order chi connectivity index (χ0) is 15.9. The summed E-state index contributed by atoms with van der Waals surface area (Å²) >= 11 is 1.22. The molecule has 0 fully saturated rings. The number of hydrogen-bond acceptors (Lipinski definition) is 5. The van der Waals surface area contributed by atoms with E-state index in [0.29, 0.717) is 10.8 Å². The molecule has 0 saturated carbocycles. The first-order valence-corrected chi connectivity index (χ1v) is 7.22. The Bertz CT molecular complexity index is 611. The van der Waals surface area contributed by atoms with E-state index in [4.69, 9.17) is 0 Å². The van der Waals surface area contributed by atoms with Crippen LogP contribution in [0.3, 0.4) is 0 Å². The van der Waals surface area contributed by atoms with Crippen molar-refractivity contribution in [1.82, 2.24) is 9.97 Å². The molecule has 1 heterocycles. The Morgan fingerprint density at radius 2 is 1.86 bits per heavy atom. The van der Waals surface area contributed by atoms with Gasteiger partial charge in [0, 0.05) is 18.1 Å². The third-order valence-corrected chi connectivity index (χ3v) is 3.53. The van der Waals surface area contributed by atoms with Gasteiger partial charge in [-0.15, -0.1) is 0 Å². The zero-order valence-corrected chi connectivity index (χ0v) is 12.4. The van der Waals surface area contributed by atoms with Crippen LogP contribution >= 0.6 is 11.8 Å². The number of carbonyl (C=O) groups excluding carboxylic acids is 1. The van der Waals surface area contributed by atoms with Crippen LogP contribution in [0.4, 0.5) is 14.5 Å². The number of nitrogens with one attached hydrogen (secondary N) is 1. The molecule has 1 aromatic carbocycles. The highest BCUT2D eigenvalue weighted by Crippen LogP contribution is 2.21. The average Bonchev–Trinajstić information content (AvgIpc) is 2.49. The Kier molecular flexibility index (Phi) is 5.65. The van der Waals surface area contributed by atoms with Gasteiger partial charge in [0.1, 0.15) is 5.75 Å². The predicted molar refractivity (Wildman–Crippen MR) is 79.1 cm³/mol. The Hall–Kier alpha value is -2.22. The van der Waals surface area contributed by atoms with Gasteiger partial charge in [0.15, 0.2) is 5.16 Å². The lowest BCUT2D eigenvalue weighted by atomic mass is 10.3. The van der Waals surface area contributed by atoms with Gasteiger partial charge in [0.2, 0.25) is 5.91 Å². The third-order valence-electron chi connectivity index (χ3n) is 2.54. The summed E-state index contributed by atoms with van der Waals surface area (Å²) in [5.41, 5.74) is 0.494. The van der Waals surface area contributed by atoms with E-state index in [1.807, 2.05) is 0 Å². The first-order valence-electron chi connectivity index (χ1n) is 6.34. The molecule has 0 aliphatic heterocycles. The number of rotatable bonds is 6. The highest BCUT2D eigenvalue weighted by molar-refractivity contribution is 8.00. The van der Waals surface area contributed by atoms with Gasteiger partial charge in [0.05, 0.1) is 5.25 Å². The second-order valence-electron chi connectivity index (χ2n) is 4.18. The van der Waals surface area contributed by atoms with Crippen LogP contribution in [0.2, 0.25) is 0 Å². The van der Waals surface area contributed by atoms with Crippen molar-refractivity contribution in [3.8, 4) is 5.75 Å². The fourth-order valence-corrected chi connectivity index (χ4v) is 2.25. The summed E-state index contributed by atoms with van der Waals surface area (Å²) in [5.74, 6) is -0.201. The first-order chi connectivity index (χ1) is 10.5. The number of alkyl halides is 2. The number of anilines is 1. The van der Waals surface area contributed by atoms with Gasteiger partial charge >= 0.3 is 6.61 Å². The molecule has 1 amide bonds. The molecule has 0 unspecified atom stereocenters. The van der Waals surface area contributed by atoms with Crippen LogP contribution in [-0.2, 0) is 4.79 Å². The quantitative estimate of drug-likeness (QED) is 0.653. The minimum atomic E-state index is -2.87. The summed E-state index contributed by atoms with van der Waals surface area (Å²) in [6.07, 6.45) is 3.20. The van der Waals surface area contributed by atoms with Crippen molar-refractivity contribution in [2.45, 2.75) is 23.9 Å². The topological polar surface area (TPSA) is 64.1 Å². The summed E-state index contributed by atoms with van der Waals surface area (Å²) in [4.78, 5) is 20.1. The largest absolute Gasteiger partial charge is 0.435 e. The lowest BCUT2D eigenvalue weighted by Gasteiger charge is -2.11. The van der Waals surface area contributed by atoms with Crippen LogP contribution in [0.5, 0.6) is 5.75 Å². The molecular weight excluding hydrogens is 312 g/mol. The van der Waals surface area contributed by atoms with Crippen molar-refractivity contribution in [3.05, 3.63) is 42.7 Å². The number of amides is 1. The molecule has 2 rings (SSSR count). The van der Waals surface area contributed by atoms with Crippen molar-refractivity contribution < 1.29 is 18.3 Å². The summed E-state index contributed by atoms with van der Waals surface area (Å²) in [5, 5.41) is 2.79. The van der Waals surface area contributed by atoms with Crippen molar-refractivity contribution in [2.75, 3.05) is 5.32 Å². The molecule has 0 bridgehead atoms. The molecule has 22 heavy (non-hydrogen) atoms. The third kappa shape index (κ3) is 4.96. The van der Waals surface area contributed by atoms with Gasteiger partial charge in [-0.3, -0.25) is 4.79 Å². The van der Waals surface area contributed by atoms with Crippen molar-refractivity contribution in [2.24, 2.45) is 0 Å². The minimum Gasteiger partial charge on any atom is -0.435 e. The number of carbonyl (C=O) groups is 1. The number of nitrogens with zero attached hydrogens (tertiary/aromatic N) is 2. The fourth-order valence-electron chi connectivity index (χ4n) is 1.52. The van der Waals surface area contributed by atoms with Gasteiger partial charge in [-0.2, -0.15) is 8.78 Å². The van der Waals surface area contributed by atoms with Crippen LogP contribution < -0.4 is 10.1 Å². The summed E-state index contributed by atoms with van der Waals surface area (Å²) in [6.45, 7) is -1.15. The molecule has 8 heteroatoms. The number of thioether (sulfide) groups is 1. The van der Waals surface area contributed by atoms with Crippen LogP contribution in [0, 0.1) is 0 Å². The van der Waals surface area contributed by atoms with E-state index in [1.165, 1.54) is 36.0 Å². The van der Waals surface area contributed by atoms with Gasteiger partial charge in [-0.05, 0) is 37.3 Å². The van der Waals surface area contributed by atoms with Gasteiger partial charge < -0.3 is 10.1 Å². The lowest BCUT2D eigenvalue weighted by Crippen LogP contribution is -2.22. The van der Waals surface area contributed by atoms with Gasteiger partial charge in [-0.1, -0.05) is 11.8 Å². The Morgan fingerprint density at radius 1 is 1.23 bits per heavy atom. The van der Waals surface area contributed by atoms with Crippen LogP contribution in [0.15, 0.2) is 47.9 Å². The Balaban J connectivity index is 1.90. The van der Waals surface area contributed by atoms with E-state index in [9.17, 15) is 13.6 Å². The molecule has 116 valence electrons. The number of benzene rings is 1. The average molecular weight is 325 g/mol. The zero-order valence-electron chi connectivity index (χ0n) is 11.6. The van der Waals surface area contributed by atoms with E-state index < -0.39 is 11.9 Å². The Labute approximate surface area is 130 Å². The number of ether oxygens (including phenoxy) is 1. The molecule has 0 aliphatic rings. The normalized spacial score (nSPS) is 12.0. The monoisotopic (exact) mass is 325 g/mol. The molecule has 1 aromatic heterocycles. The van der Waals surface area contributed by atoms with Crippen LogP contribution in [-0.4, -0.2) is 27.7 Å². The molecule has 0 aliphatic carbocycles. The minimum absolute atomic E-state index is 0.0353. The first kappa shape index (κ1) is 16.2. The predicted octanol–water partition coefficient (Wildman–Crippen LogP) is 3.20. The summed E-state index contributed by atoms with van der Waals surface area (Å²) in [6, 6.07) is 7.40. The second-order valence-corrected chi connectivity index (χ2v) is 5.49. The number of aromatic nitrogens is 2. The molecule has 1 atom stereocenters. The number of halogens is 2. The maximum Gasteiger partial charge on any atom is 0.387 e. The standard InChI is InChI=1S/C14H13F2N3O2S/c1-9(22-14-17-7-2-8-18-14)12(20)19-10-3-5-11(6-4-10)21-13(15)16/h2-9,13H,1H3,(H,19,20)/t9-/m1/s1. The molecule has 5 nitrogen and oxygen atoms in total. The maximum absolute atomic E-state index is 12.0. The maximum atomic E-state index is 12.0. The molecule has 0 spiro atoms. The molecule has 0 saturated heterocycles. The number of hydrogen-bond donors (Lipinski definition) is 1. The highest BCUT2D eigenvalue weighted by atomic mass is 32.2. The summed E-state index contributed by atoms with van der Waals surface area (Å²) < 4.78 is 28.3. The molecule has 1 N–H and O–H groups in total. The molecule has 0 radical (unpaired) electrons. The second kappa shape index (κ2) is 7.69. The Morgan fingerprint density at radius 3 is 2.45 bits per heavy atom. The molecule has 2 aromatic rings.